The third-order valence-corrected chi connectivity index (χ3v) is 12.7. The molecule has 2 heterocycles. The minimum Gasteiger partial charge on any atom is -0.413 e. The van der Waals surface area contributed by atoms with Crippen molar-refractivity contribution < 1.29 is 18.0 Å². The highest BCUT2D eigenvalue weighted by atomic mass is 28.4. The molecule has 0 spiro atoms. The molecule has 0 saturated carbocycles. The zero-order valence-corrected chi connectivity index (χ0v) is 24.8. The summed E-state index contributed by atoms with van der Waals surface area (Å²) in [6.07, 6.45) is 7.58. The number of H-pyrrole nitrogens is 1. The summed E-state index contributed by atoms with van der Waals surface area (Å²) in [5, 5.41) is 4.30. The van der Waals surface area contributed by atoms with Crippen LogP contribution in [0.2, 0.25) is 18.1 Å². The minimum atomic E-state index is -2.03. The summed E-state index contributed by atoms with van der Waals surface area (Å²) >= 11 is 0. The number of aromatic amines is 1. The van der Waals surface area contributed by atoms with Gasteiger partial charge in [0.2, 0.25) is 0 Å². The predicted octanol–water partition coefficient (Wildman–Crippen LogP) is 6.79. The first kappa shape index (κ1) is 29.0. The second-order valence-corrected chi connectivity index (χ2v) is 16.7. The maximum Gasteiger partial charge on any atom is 0.300 e. The van der Waals surface area contributed by atoms with Crippen LogP contribution in [-0.4, -0.2) is 36.8 Å². The van der Waals surface area contributed by atoms with Gasteiger partial charge in [0.15, 0.2) is 8.32 Å². The number of hydrogen-bond donors (Lipinski definition) is 2. The van der Waals surface area contributed by atoms with Crippen molar-refractivity contribution in [1.82, 2.24) is 15.2 Å². The summed E-state index contributed by atoms with van der Waals surface area (Å²) in [6, 6.07) is 8.90. The summed E-state index contributed by atoms with van der Waals surface area (Å²) in [4.78, 5) is 18.0. The Bertz CT molecular complexity index is 1390. The van der Waals surface area contributed by atoms with Gasteiger partial charge in [0.25, 0.3) is 5.91 Å². The van der Waals surface area contributed by atoms with Gasteiger partial charge in [0.05, 0.1) is 24.3 Å². The number of benzene rings is 2. The van der Waals surface area contributed by atoms with Crippen LogP contribution in [0, 0.1) is 24.0 Å². The highest BCUT2D eigenvalue weighted by molar-refractivity contribution is 6.74. The van der Waals surface area contributed by atoms with Crippen molar-refractivity contribution in [2.45, 2.75) is 83.9 Å². The van der Waals surface area contributed by atoms with Gasteiger partial charge in [-0.2, -0.15) is 0 Å². The Kier molecular flexibility index (Phi) is 8.36. The average Bonchev–Trinajstić information content (AvgIpc) is 3.25. The van der Waals surface area contributed by atoms with Gasteiger partial charge < -0.3 is 14.3 Å². The van der Waals surface area contributed by atoms with Gasteiger partial charge in [-0.25, -0.2) is 8.78 Å². The van der Waals surface area contributed by atoms with E-state index >= 15 is 4.39 Å². The number of amides is 1. The molecule has 0 unspecified atom stereocenters. The number of fused-ring (bicyclic) bond motifs is 3. The fourth-order valence-corrected chi connectivity index (χ4v) is 5.89. The molecule has 1 amide bonds. The van der Waals surface area contributed by atoms with E-state index in [4.69, 9.17) is 10.8 Å². The SMILES string of the molecule is C#CC(=O)N1[C@@H](c2ccc(F)cc2)c2[nH]c3c(F)cc(CO[Si](C)(C)C(C)(C)C)cc3c2C[C@@H]1NCCCC. The molecule has 208 valence electrons. The van der Waals surface area contributed by atoms with E-state index in [2.05, 4.69) is 57.0 Å². The monoisotopic (exact) mass is 551 g/mol. The van der Waals surface area contributed by atoms with Crippen LogP contribution in [0.4, 0.5) is 8.78 Å². The van der Waals surface area contributed by atoms with Crippen molar-refractivity contribution in [3.63, 3.8) is 0 Å². The Balaban J connectivity index is 1.84. The minimum absolute atomic E-state index is 0.0374. The van der Waals surface area contributed by atoms with Crippen LogP contribution in [0.1, 0.15) is 69.0 Å². The van der Waals surface area contributed by atoms with E-state index in [-0.39, 0.29) is 16.7 Å². The van der Waals surface area contributed by atoms with Crippen molar-refractivity contribution >= 4 is 25.1 Å². The number of terminal acetylenes is 1. The van der Waals surface area contributed by atoms with Gasteiger partial charge in [-0.3, -0.25) is 10.1 Å². The lowest BCUT2D eigenvalue weighted by Crippen LogP contribution is -2.54. The number of carbonyl (C=O) groups excluding carboxylic acids is 1. The van der Waals surface area contributed by atoms with Gasteiger partial charge in [0.1, 0.15) is 11.6 Å². The molecule has 5 nitrogen and oxygen atoms in total. The molecule has 0 bridgehead atoms. The van der Waals surface area contributed by atoms with Crippen LogP contribution in [-0.2, 0) is 22.2 Å². The molecule has 1 aliphatic rings. The highest BCUT2D eigenvalue weighted by Crippen LogP contribution is 2.42. The summed E-state index contributed by atoms with van der Waals surface area (Å²) in [5.74, 6) is 1.03. The molecule has 3 aromatic rings. The number of unbranched alkanes of at least 4 members (excludes halogenated alkanes) is 1. The summed E-state index contributed by atoms with van der Waals surface area (Å²) in [5.41, 5.74) is 3.45. The second kappa shape index (κ2) is 11.2. The van der Waals surface area contributed by atoms with E-state index in [9.17, 15) is 9.18 Å². The first-order valence-corrected chi connectivity index (χ1v) is 16.5. The Labute approximate surface area is 231 Å². The maximum absolute atomic E-state index is 15.6. The number of aromatic nitrogens is 1. The Morgan fingerprint density at radius 1 is 1.23 bits per heavy atom. The Morgan fingerprint density at radius 2 is 1.92 bits per heavy atom. The van der Waals surface area contributed by atoms with Gasteiger partial charge in [-0.05, 0) is 78.0 Å². The number of nitrogens with zero attached hydrogens (tertiary/aromatic N) is 1. The van der Waals surface area contributed by atoms with Crippen molar-refractivity contribution in [3.8, 4) is 12.3 Å². The summed E-state index contributed by atoms with van der Waals surface area (Å²) < 4.78 is 35.8. The maximum atomic E-state index is 15.6. The number of nitrogens with one attached hydrogen (secondary N) is 2. The molecular weight excluding hydrogens is 512 g/mol. The lowest BCUT2D eigenvalue weighted by atomic mass is 9.90. The molecule has 2 aromatic carbocycles. The molecule has 2 N–H and O–H groups in total. The average molecular weight is 552 g/mol. The zero-order valence-electron chi connectivity index (χ0n) is 23.8. The Hall–Kier alpha value is -2.99. The molecule has 2 atom stereocenters. The van der Waals surface area contributed by atoms with Crippen LogP contribution in [0.15, 0.2) is 36.4 Å². The third-order valence-electron chi connectivity index (χ3n) is 8.20. The fourth-order valence-electron chi connectivity index (χ4n) is 4.93. The molecular formula is C31H39F2N3O2Si. The van der Waals surface area contributed by atoms with E-state index in [1.165, 1.54) is 18.2 Å². The molecule has 4 rings (SSSR count). The highest BCUT2D eigenvalue weighted by Gasteiger charge is 2.41. The van der Waals surface area contributed by atoms with E-state index in [1.807, 2.05) is 6.07 Å². The molecule has 0 fully saturated rings. The second-order valence-electron chi connectivity index (χ2n) is 11.9. The molecule has 1 aliphatic heterocycles. The van der Waals surface area contributed by atoms with Crippen LogP contribution < -0.4 is 5.32 Å². The van der Waals surface area contributed by atoms with E-state index in [0.29, 0.717) is 36.3 Å². The van der Waals surface area contributed by atoms with E-state index < -0.39 is 26.4 Å². The molecule has 0 aliphatic carbocycles. The third kappa shape index (κ3) is 5.81. The standard InChI is InChI=1S/C31H39F2N3O2Si/c1-8-10-15-34-26-18-24-23-16-20(19-38-39(6,7)31(3,4)5)17-25(33)28(23)35-29(24)30(36(26)27(37)9-2)21-11-13-22(32)14-12-21/h2,11-14,16-17,26,30,34-35H,8,10,15,18-19H2,1,3-7H3/t26-,30+/m1/s1. The topological polar surface area (TPSA) is 57.4 Å². The lowest BCUT2D eigenvalue weighted by molar-refractivity contribution is -0.130. The number of hydrogen-bond acceptors (Lipinski definition) is 3. The van der Waals surface area contributed by atoms with E-state index in [1.54, 1.807) is 17.0 Å². The predicted molar refractivity (Wildman–Crippen MR) is 155 cm³/mol. The molecule has 8 heteroatoms. The van der Waals surface area contributed by atoms with Crippen molar-refractivity contribution in [2.24, 2.45) is 0 Å². The first-order chi connectivity index (χ1) is 18.4. The number of carbonyl (C=O) groups is 1. The molecule has 39 heavy (non-hydrogen) atoms. The fraction of sp³-hybridized carbons (Fsp3) is 0.452. The quantitative estimate of drug-likeness (QED) is 0.184. The molecule has 1 aromatic heterocycles. The van der Waals surface area contributed by atoms with Gasteiger partial charge in [0, 0.05) is 17.5 Å². The summed E-state index contributed by atoms with van der Waals surface area (Å²) in [7, 11) is -2.03. The molecule has 0 saturated heterocycles. The van der Waals surface area contributed by atoms with Crippen LogP contribution >= 0.6 is 0 Å². The smallest absolute Gasteiger partial charge is 0.300 e. The number of halogens is 2. The van der Waals surface area contributed by atoms with Crippen LogP contribution in [0.3, 0.4) is 0 Å². The van der Waals surface area contributed by atoms with E-state index in [0.717, 1.165) is 29.4 Å². The Morgan fingerprint density at radius 3 is 2.54 bits per heavy atom. The van der Waals surface area contributed by atoms with Crippen molar-refractivity contribution in [3.05, 3.63) is 70.4 Å². The first-order valence-electron chi connectivity index (χ1n) is 13.6. The zero-order chi connectivity index (χ0) is 28.5. The normalized spacial score (nSPS) is 17.8. The lowest BCUT2D eigenvalue weighted by Gasteiger charge is -2.41. The van der Waals surface area contributed by atoms with Crippen molar-refractivity contribution in [1.29, 1.82) is 0 Å². The van der Waals surface area contributed by atoms with Gasteiger partial charge >= 0.3 is 0 Å². The summed E-state index contributed by atoms with van der Waals surface area (Å²) in [6.45, 7) is 14.0. The van der Waals surface area contributed by atoms with Gasteiger partial charge in [-0.1, -0.05) is 46.2 Å². The molecule has 0 radical (unpaired) electrons. The van der Waals surface area contributed by atoms with Crippen LogP contribution in [0.25, 0.3) is 10.9 Å². The van der Waals surface area contributed by atoms with Crippen LogP contribution in [0.5, 0.6) is 0 Å². The van der Waals surface area contributed by atoms with Gasteiger partial charge in [-0.15, -0.1) is 6.42 Å². The number of rotatable bonds is 8. The van der Waals surface area contributed by atoms with Crippen molar-refractivity contribution in [2.75, 3.05) is 6.54 Å². The largest absolute Gasteiger partial charge is 0.413 e.